The van der Waals surface area contributed by atoms with Gasteiger partial charge in [-0.15, -0.1) is 0 Å². The number of amides is 1. The monoisotopic (exact) mass is 780 g/mol. The van der Waals surface area contributed by atoms with Gasteiger partial charge in [0.15, 0.2) is 11.3 Å². The molecular weight excluding hydrogens is 737 g/mol. The lowest BCUT2D eigenvalue weighted by atomic mass is 9.99. The first kappa shape index (κ1) is 35.6. The van der Waals surface area contributed by atoms with Crippen molar-refractivity contribution in [1.82, 2.24) is 59.3 Å². The van der Waals surface area contributed by atoms with Crippen LogP contribution in [0.1, 0.15) is 57.2 Å². The first-order valence-corrected chi connectivity index (χ1v) is 19.7. The Morgan fingerprint density at radius 2 is 1.36 bits per heavy atom. The quantitative estimate of drug-likeness (QED) is 0.121. The second-order valence-corrected chi connectivity index (χ2v) is 15.7. The van der Waals surface area contributed by atoms with Crippen molar-refractivity contribution in [2.45, 2.75) is 64.1 Å². The highest BCUT2D eigenvalue weighted by atomic mass is 16.3. The molecule has 2 fully saturated rings. The van der Waals surface area contributed by atoms with Crippen molar-refractivity contribution in [3.63, 3.8) is 0 Å². The number of rotatable bonds is 7. The third-order valence-electron chi connectivity index (χ3n) is 12.2. The number of likely N-dealkylation sites (tertiary alicyclic amines) is 2. The van der Waals surface area contributed by atoms with Gasteiger partial charge in [0.1, 0.15) is 47.2 Å². The van der Waals surface area contributed by atoms with Crippen molar-refractivity contribution in [2.75, 3.05) is 37.6 Å². The van der Waals surface area contributed by atoms with Gasteiger partial charge in [-0.05, 0) is 68.9 Å². The maximum atomic E-state index is 12.0. The van der Waals surface area contributed by atoms with Crippen molar-refractivity contribution in [3.05, 3.63) is 60.7 Å². The summed E-state index contributed by atoms with van der Waals surface area (Å²) in [5.74, 6) is 1.19. The average molecular weight is 781 g/mol. The molecule has 296 valence electrons. The zero-order valence-corrected chi connectivity index (χ0v) is 32.2. The van der Waals surface area contributed by atoms with Gasteiger partial charge in [0.05, 0.1) is 39.8 Å². The summed E-state index contributed by atoms with van der Waals surface area (Å²) in [6, 6.07) is 13.6. The number of carbonyl (C=O) groups excluding carboxylic acids is 1. The van der Waals surface area contributed by atoms with Crippen LogP contribution in [0.25, 0.3) is 66.6 Å². The molecule has 8 heterocycles. The van der Waals surface area contributed by atoms with Crippen molar-refractivity contribution in [3.8, 4) is 34.3 Å². The molecule has 0 saturated carbocycles. The van der Waals surface area contributed by atoms with E-state index in [9.17, 15) is 15.0 Å². The van der Waals surface area contributed by atoms with Gasteiger partial charge in [-0.2, -0.15) is 10.2 Å². The van der Waals surface area contributed by atoms with Crippen molar-refractivity contribution in [2.24, 2.45) is 0 Å². The Balaban J connectivity index is 0.871. The number of fused-ring (bicyclic) bond motifs is 4. The number of nitrogens with one attached hydrogen (secondary N) is 2. The minimum absolute atomic E-state index is 0.0680. The Morgan fingerprint density at radius 1 is 0.776 bits per heavy atom. The second-order valence-electron chi connectivity index (χ2n) is 15.7. The molecule has 2 saturated heterocycles. The van der Waals surface area contributed by atoms with Crippen LogP contribution in [0.2, 0.25) is 0 Å². The van der Waals surface area contributed by atoms with Gasteiger partial charge >= 0.3 is 0 Å². The van der Waals surface area contributed by atoms with Crippen molar-refractivity contribution >= 4 is 61.4 Å². The summed E-state index contributed by atoms with van der Waals surface area (Å²) in [6.07, 6.45) is 6.85. The number of benzene rings is 2. The van der Waals surface area contributed by atoms with Crippen LogP contribution in [0.15, 0.2) is 55.1 Å². The van der Waals surface area contributed by atoms with E-state index >= 15 is 0 Å². The average Bonchev–Trinajstić information content (AvgIpc) is 4.02. The number of aromatic amines is 2. The van der Waals surface area contributed by atoms with E-state index < -0.39 is 0 Å². The molecule has 58 heavy (non-hydrogen) atoms. The van der Waals surface area contributed by atoms with Gasteiger partial charge in [0, 0.05) is 61.5 Å². The molecule has 0 spiro atoms. The third-order valence-corrected chi connectivity index (χ3v) is 12.2. The Hall–Kier alpha value is -6.75. The topological polar surface area (TPSA) is 235 Å². The van der Waals surface area contributed by atoms with E-state index in [0.717, 1.165) is 72.0 Å². The standard InChI is InChI=1S/C41H44N14O3/c1-21(52-10-6-26(7-11-52)54-41-34(39(43)45-20-47-41)37(51-54)30-16-23-4-3-5-31(57)35(23)49-30)14-25-15-24-17-29(48-28(24)18-32(25)58)36-33-38(42)44-19-46-40(33)55(50-36)27-8-12-53(13-9-27)22(2)56/h3-5,15-21,26-27,48-49,57-58H,6-14H2,1-2H3,(H2,42,44,46)(H2,43,45,47). The highest BCUT2D eigenvalue weighted by Gasteiger charge is 2.30. The van der Waals surface area contributed by atoms with E-state index in [1.807, 2.05) is 38.5 Å². The molecule has 2 aliphatic rings. The first-order chi connectivity index (χ1) is 28.1. The predicted molar refractivity (Wildman–Crippen MR) is 221 cm³/mol. The number of carbonyl (C=O) groups is 1. The Kier molecular flexibility index (Phi) is 8.43. The van der Waals surface area contributed by atoms with Gasteiger partial charge in [0.2, 0.25) is 5.91 Å². The van der Waals surface area contributed by atoms with Crippen LogP contribution in [0.3, 0.4) is 0 Å². The number of H-pyrrole nitrogens is 2. The van der Waals surface area contributed by atoms with Crippen LogP contribution >= 0.6 is 0 Å². The number of anilines is 2. The SMILES string of the molecule is CC(=O)N1CCC(n2nc(-c3cc4cc(CC(C)N5CCC(n6nc(-c7cc8cccc(O)c8[nH]7)c7c(N)ncnc76)CC5)c(O)cc4[nH]3)c3c(N)ncnc32)CC1. The number of nitrogen functional groups attached to an aromatic ring is 2. The van der Waals surface area contributed by atoms with Crippen LogP contribution in [-0.2, 0) is 11.2 Å². The first-order valence-electron chi connectivity index (χ1n) is 19.7. The summed E-state index contributed by atoms with van der Waals surface area (Å²) < 4.78 is 3.93. The number of aromatic hydroxyl groups is 2. The molecule has 1 unspecified atom stereocenters. The molecule has 1 atom stereocenters. The Bertz CT molecular complexity index is 2870. The van der Waals surface area contributed by atoms with E-state index in [4.69, 9.17) is 21.7 Å². The molecule has 0 radical (unpaired) electrons. The number of phenolic OH excluding ortho intramolecular Hbond substituents is 2. The zero-order valence-electron chi connectivity index (χ0n) is 32.2. The fraction of sp³-hybridized carbons (Fsp3) is 0.341. The molecule has 10 rings (SSSR count). The van der Waals surface area contributed by atoms with E-state index in [1.165, 1.54) is 12.7 Å². The summed E-state index contributed by atoms with van der Waals surface area (Å²) in [4.78, 5) is 40.8. The summed E-state index contributed by atoms with van der Waals surface area (Å²) in [5, 5.41) is 35.0. The van der Waals surface area contributed by atoms with Gasteiger partial charge in [-0.25, -0.2) is 29.3 Å². The third kappa shape index (κ3) is 5.91. The Morgan fingerprint density at radius 3 is 1.97 bits per heavy atom. The maximum absolute atomic E-state index is 12.0. The largest absolute Gasteiger partial charge is 0.508 e. The van der Waals surface area contributed by atoms with Gasteiger partial charge in [0.25, 0.3) is 0 Å². The van der Waals surface area contributed by atoms with E-state index in [1.54, 1.807) is 19.1 Å². The lowest BCUT2D eigenvalue weighted by Crippen LogP contribution is -2.41. The molecule has 8 aromatic rings. The molecule has 0 aliphatic carbocycles. The predicted octanol–water partition coefficient (Wildman–Crippen LogP) is 5.29. The molecule has 17 nitrogen and oxygen atoms in total. The van der Waals surface area contributed by atoms with Crippen molar-refractivity contribution < 1.29 is 15.0 Å². The summed E-state index contributed by atoms with van der Waals surface area (Å²) in [5.41, 5.74) is 19.3. The van der Waals surface area contributed by atoms with Gasteiger partial charge < -0.3 is 41.4 Å². The lowest BCUT2D eigenvalue weighted by Gasteiger charge is -2.36. The van der Waals surface area contributed by atoms with E-state index in [-0.39, 0.29) is 35.5 Å². The molecule has 0 bridgehead atoms. The minimum atomic E-state index is 0.0680. The lowest BCUT2D eigenvalue weighted by molar-refractivity contribution is -0.130. The maximum Gasteiger partial charge on any atom is 0.219 e. The van der Waals surface area contributed by atoms with Crippen LogP contribution in [0.5, 0.6) is 11.5 Å². The number of para-hydroxylation sites is 1. The fourth-order valence-electron chi connectivity index (χ4n) is 9.10. The highest BCUT2D eigenvalue weighted by molar-refractivity contribution is 6.01. The second kappa shape index (κ2) is 13.7. The molecular formula is C41H44N14O3. The van der Waals surface area contributed by atoms with E-state index in [2.05, 4.69) is 47.8 Å². The molecule has 6 aromatic heterocycles. The molecule has 2 aliphatic heterocycles. The number of phenols is 2. The van der Waals surface area contributed by atoms with Crippen LogP contribution < -0.4 is 11.5 Å². The van der Waals surface area contributed by atoms with Gasteiger partial charge in [-0.3, -0.25) is 4.79 Å². The fourth-order valence-corrected chi connectivity index (χ4v) is 9.10. The summed E-state index contributed by atoms with van der Waals surface area (Å²) >= 11 is 0. The minimum Gasteiger partial charge on any atom is -0.508 e. The number of hydrogen-bond donors (Lipinski definition) is 6. The molecule has 17 heteroatoms. The summed E-state index contributed by atoms with van der Waals surface area (Å²) in [6.45, 7) is 6.81. The van der Waals surface area contributed by atoms with Gasteiger partial charge in [-0.1, -0.05) is 12.1 Å². The van der Waals surface area contributed by atoms with Crippen molar-refractivity contribution in [1.29, 1.82) is 0 Å². The smallest absolute Gasteiger partial charge is 0.219 e. The van der Waals surface area contributed by atoms with E-state index in [0.29, 0.717) is 70.1 Å². The molecule has 2 aromatic carbocycles. The summed E-state index contributed by atoms with van der Waals surface area (Å²) in [7, 11) is 0. The normalized spacial score (nSPS) is 16.7. The number of nitrogens with zero attached hydrogens (tertiary/aromatic N) is 10. The number of piperidine rings is 2. The Labute approximate surface area is 331 Å². The number of nitrogens with two attached hydrogens (primary N) is 2. The van der Waals surface area contributed by atoms with Crippen LogP contribution in [-0.4, -0.2) is 108 Å². The molecule has 1 amide bonds. The van der Waals surface area contributed by atoms with Crippen LogP contribution in [0.4, 0.5) is 11.6 Å². The highest BCUT2D eigenvalue weighted by Crippen LogP contribution is 2.39. The number of hydrogen-bond acceptors (Lipinski definition) is 12. The molecule has 8 N–H and O–H groups in total. The zero-order chi connectivity index (χ0) is 39.8. The van der Waals surface area contributed by atoms with Crippen LogP contribution in [0, 0.1) is 0 Å². The number of aromatic nitrogens is 10.